The minimum Gasteiger partial charge on any atom is -0.352 e. The fourth-order valence-corrected chi connectivity index (χ4v) is 3.07. The fourth-order valence-electron chi connectivity index (χ4n) is 3.07. The Morgan fingerprint density at radius 1 is 1.25 bits per heavy atom. The molecule has 0 aromatic heterocycles. The zero-order valence-corrected chi connectivity index (χ0v) is 14.9. The van der Waals surface area contributed by atoms with Gasteiger partial charge in [0, 0.05) is 24.4 Å². The molecule has 1 aromatic carbocycles. The van der Waals surface area contributed by atoms with E-state index < -0.39 is 0 Å². The van der Waals surface area contributed by atoms with Crippen molar-refractivity contribution in [3.63, 3.8) is 0 Å². The van der Waals surface area contributed by atoms with Gasteiger partial charge in [-0.1, -0.05) is 30.4 Å². The number of allylic oxidation sites excluding steroid dienone is 3. The van der Waals surface area contributed by atoms with E-state index in [1.807, 2.05) is 0 Å². The number of carbonyl (C=O) groups excluding carboxylic acids is 1. The van der Waals surface area contributed by atoms with E-state index >= 15 is 0 Å². The number of hydrogen-bond donors (Lipinski definition) is 0. The van der Waals surface area contributed by atoms with Crippen LogP contribution in [-0.4, -0.2) is 30.6 Å². The van der Waals surface area contributed by atoms with E-state index in [0.717, 1.165) is 12.2 Å². The summed E-state index contributed by atoms with van der Waals surface area (Å²) in [6.07, 6.45) is 2.88. The molecule has 0 radical (unpaired) electrons. The molecule has 0 aliphatic carbocycles. The maximum atomic E-state index is 13.1. The van der Waals surface area contributed by atoms with E-state index in [9.17, 15) is 9.18 Å². The number of anilines is 1. The monoisotopic (exact) mass is 328 g/mol. The molecule has 1 aromatic rings. The first kappa shape index (κ1) is 18.0. The molecule has 1 amide bonds. The van der Waals surface area contributed by atoms with Crippen molar-refractivity contribution >= 4 is 11.6 Å². The van der Waals surface area contributed by atoms with E-state index in [2.05, 4.69) is 43.5 Å². The minimum absolute atomic E-state index is 0.104. The number of amides is 1. The third-order valence-corrected chi connectivity index (χ3v) is 4.24. The average molecular weight is 328 g/mol. The summed E-state index contributed by atoms with van der Waals surface area (Å²) in [6.45, 7) is 12.9. The second-order valence-corrected chi connectivity index (χ2v) is 6.30. The predicted molar refractivity (Wildman–Crippen MR) is 97.6 cm³/mol. The van der Waals surface area contributed by atoms with Gasteiger partial charge >= 0.3 is 0 Å². The highest BCUT2D eigenvalue weighted by Crippen LogP contribution is 2.25. The van der Waals surface area contributed by atoms with Crippen molar-refractivity contribution in [1.29, 1.82) is 0 Å². The molecule has 128 valence electrons. The van der Waals surface area contributed by atoms with Crippen LogP contribution in [0.5, 0.6) is 0 Å². The van der Waals surface area contributed by atoms with Gasteiger partial charge in [0.2, 0.25) is 0 Å². The molecule has 0 bridgehead atoms. The summed E-state index contributed by atoms with van der Waals surface area (Å²) >= 11 is 0. The Morgan fingerprint density at radius 3 is 2.54 bits per heavy atom. The molecule has 24 heavy (non-hydrogen) atoms. The molecule has 0 atom stereocenters. The summed E-state index contributed by atoms with van der Waals surface area (Å²) in [4.78, 5) is 16.7. The van der Waals surface area contributed by atoms with E-state index in [1.54, 1.807) is 11.8 Å². The molecule has 4 heteroatoms. The lowest BCUT2D eigenvalue weighted by atomic mass is 10.1. The van der Waals surface area contributed by atoms with E-state index in [0.29, 0.717) is 24.4 Å². The molecule has 0 unspecified atom stereocenters. The number of hydrogen-bond acceptors (Lipinski definition) is 2. The van der Waals surface area contributed by atoms with E-state index in [1.165, 1.54) is 30.2 Å². The van der Waals surface area contributed by atoms with Crippen LogP contribution in [0.25, 0.3) is 0 Å². The second-order valence-electron chi connectivity index (χ2n) is 6.30. The van der Waals surface area contributed by atoms with Crippen LogP contribution < -0.4 is 4.90 Å². The zero-order chi connectivity index (χ0) is 17.9. The van der Waals surface area contributed by atoms with Gasteiger partial charge in [0.15, 0.2) is 0 Å². The molecule has 0 saturated carbocycles. The van der Waals surface area contributed by atoms with Crippen LogP contribution in [0.2, 0.25) is 0 Å². The van der Waals surface area contributed by atoms with Crippen molar-refractivity contribution < 1.29 is 9.18 Å². The number of nitrogens with zero attached hydrogens (tertiary/aromatic N) is 2. The summed E-state index contributed by atoms with van der Waals surface area (Å²) in [5, 5.41) is 0. The van der Waals surface area contributed by atoms with Crippen LogP contribution in [0.3, 0.4) is 0 Å². The number of rotatable bonds is 4. The summed E-state index contributed by atoms with van der Waals surface area (Å²) < 4.78 is 13.1. The first-order valence-corrected chi connectivity index (χ1v) is 8.12. The SMILES string of the molecule is C=C/C(C(=O)N1CCN(c2ccc(C)cc2C)C1)=C(C)\C=C(/C)F. The Morgan fingerprint density at radius 2 is 1.96 bits per heavy atom. The van der Waals surface area contributed by atoms with Crippen LogP contribution in [0.1, 0.15) is 25.0 Å². The van der Waals surface area contributed by atoms with Gasteiger partial charge in [-0.2, -0.15) is 0 Å². The standard InChI is InChI=1S/C20H25FN2O/c1-6-18(15(3)12-17(5)21)20(24)23-10-9-22(13-23)19-8-7-14(2)11-16(19)4/h6-8,11-12H,1,9-10,13H2,2-5H3/b17-12+,18-15+. The van der Waals surface area contributed by atoms with Gasteiger partial charge in [-0.25, -0.2) is 4.39 Å². The van der Waals surface area contributed by atoms with Crippen molar-refractivity contribution in [1.82, 2.24) is 4.90 Å². The first-order chi connectivity index (χ1) is 11.3. The van der Waals surface area contributed by atoms with Gasteiger partial charge in [-0.3, -0.25) is 4.79 Å². The lowest BCUT2D eigenvalue weighted by Gasteiger charge is -2.22. The van der Waals surface area contributed by atoms with Gasteiger partial charge in [-0.05, 0) is 51.0 Å². The zero-order valence-electron chi connectivity index (χ0n) is 14.9. The molecule has 0 N–H and O–H groups in total. The summed E-state index contributed by atoms with van der Waals surface area (Å²) in [5.74, 6) is -0.426. The number of halogens is 1. The van der Waals surface area contributed by atoms with Crippen LogP contribution in [0, 0.1) is 13.8 Å². The van der Waals surface area contributed by atoms with Crippen LogP contribution in [0.15, 0.2) is 53.9 Å². The van der Waals surface area contributed by atoms with Gasteiger partial charge in [-0.15, -0.1) is 0 Å². The Kier molecular flexibility index (Phi) is 5.60. The van der Waals surface area contributed by atoms with Gasteiger partial charge < -0.3 is 9.80 Å². The molecular weight excluding hydrogens is 303 g/mol. The lowest BCUT2D eigenvalue weighted by molar-refractivity contribution is -0.125. The Hall–Kier alpha value is -2.36. The number of aryl methyl sites for hydroxylation is 2. The predicted octanol–water partition coefficient (Wildman–Crippen LogP) is 4.29. The molecule has 1 saturated heterocycles. The van der Waals surface area contributed by atoms with Gasteiger partial charge in [0.05, 0.1) is 12.5 Å². The molecule has 3 nitrogen and oxygen atoms in total. The highest BCUT2D eigenvalue weighted by molar-refractivity contribution is 5.97. The molecule has 1 aliphatic heterocycles. The van der Waals surface area contributed by atoms with Crippen LogP contribution >= 0.6 is 0 Å². The quantitative estimate of drug-likeness (QED) is 0.608. The lowest BCUT2D eigenvalue weighted by Crippen LogP contribution is -2.32. The topological polar surface area (TPSA) is 23.6 Å². The summed E-state index contributed by atoms with van der Waals surface area (Å²) in [7, 11) is 0. The van der Waals surface area contributed by atoms with Crippen molar-refractivity contribution in [2.45, 2.75) is 27.7 Å². The second kappa shape index (κ2) is 7.47. The minimum atomic E-state index is -0.321. The van der Waals surface area contributed by atoms with Crippen LogP contribution in [0.4, 0.5) is 10.1 Å². The number of benzene rings is 1. The molecule has 1 aliphatic rings. The first-order valence-electron chi connectivity index (χ1n) is 8.12. The number of carbonyl (C=O) groups is 1. The van der Waals surface area contributed by atoms with Gasteiger partial charge in [0.25, 0.3) is 5.91 Å². The maximum Gasteiger partial charge on any atom is 0.255 e. The maximum absolute atomic E-state index is 13.1. The average Bonchev–Trinajstić information content (AvgIpc) is 2.96. The normalized spacial score (nSPS) is 16.3. The summed E-state index contributed by atoms with van der Waals surface area (Å²) in [6, 6.07) is 6.33. The molecule has 0 spiro atoms. The van der Waals surface area contributed by atoms with Crippen molar-refractivity contribution in [2.24, 2.45) is 0 Å². The largest absolute Gasteiger partial charge is 0.352 e. The molecule has 1 fully saturated rings. The third-order valence-electron chi connectivity index (χ3n) is 4.24. The fraction of sp³-hybridized carbons (Fsp3) is 0.350. The van der Waals surface area contributed by atoms with E-state index in [-0.39, 0.29) is 11.7 Å². The highest BCUT2D eigenvalue weighted by atomic mass is 19.1. The van der Waals surface area contributed by atoms with Gasteiger partial charge in [0.1, 0.15) is 0 Å². The Bertz CT molecular complexity index is 714. The highest BCUT2D eigenvalue weighted by Gasteiger charge is 2.27. The molecule has 1 heterocycles. The van der Waals surface area contributed by atoms with Crippen LogP contribution in [-0.2, 0) is 4.79 Å². The Labute approximate surface area is 143 Å². The smallest absolute Gasteiger partial charge is 0.255 e. The summed E-state index contributed by atoms with van der Waals surface area (Å²) in [5.41, 5.74) is 4.63. The van der Waals surface area contributed by atoms with Crippen molar-refractivity contribution in [3.8, 4) is 0 Å². The van der Waals surface area contributed by atoms with Crippen molar-refractivity contribution in [2.75, 3.05) is 24.7 Å². The Balaban J connectivity index is 2.19. The van der Waals surface area contributed by atoms with E-state index in [4.69, 9.17) is 0 Å². The molecular formula is C20H25FN2O. The molecule has 2 rings (SSSR count). The van der Waals surface area contributed by atoms with Crippen molar-refractivity contribution in [3.05, 3.63) is 65.0 Å². The third kappa shape index (κ3) is 3.94.